The maximum atomic E-state index is 5.20. The summed E-state index contributed by atoms with van der Waals surface area (Å²) in [6, 6.07) is 2.17. The average molecular weight is 192 g/mol. The van der Waals surface area contributed by atoms with E-state index < -0.39 is 0 Å². The van der Waals surface area contributed by atoms with Crippen molar-refractivity contribution in [3.8, 4) is 0 Å². The van der Waals surface area contributed by atoms with Crippen molar-refractivity contribution < 1.29 is 4.74 Å². The predicted octanol–water partition coefficient (Wildman–Crippen LogP) is 2.55. The van der Waals surface area contributed by atoms with Crippen molar-refractivity contribution >= 4 is 11.9 Å². The molecule has 14 heavy (non-hydrogen) atoms. The molecule has 76 valence electrons. The minimum atomic E-state index is 0.529. The molecular formula is C11H16N2O. The van der Waals surface area contributed by atoms with Gasteiger partial charge < -0.3 is 15.0 Å². The van der Waals surface area contributed by atoms with Crippen LogP contribution in [0.4, 0.5) is 5.82 Å². The average Bonchev–Trinajstić information content (AvgIpc) is 2.59. The van der Waals surface area contributed by atoms with E-state index in [0.29, 0.717) is 5.92 Å². The van der Waals surface area contributed by atoms with E-state index in [2.05, 4.69) is 36.3 Å². The van der Waals surface area contributed by atoms with E-state index in [1.54, 1.807) is 7.11 Å². The molecule has 1 aliphatic rings. The lowest BCUT2D eigenvalue weighted by molar-refractivity contribution is 0.293. The summed E-state index contributed by atoms with van der Waals surface area (Å²) in [5, 5.41) is 3.29. The summed E-state index contributed by atoms with van der Waals surface area (Å²) < 4.78 is 5.20. The molecule has 3 heteroatoms. The number of ether oxygens (including phenoxy) is 1. The second-order valence-corrected chi connectivity index (χ2v) is 3.88. The molecule has 0 unspecified atom stereocenters. The van der Waals surface area contributed by atoms with Crippen LogP contribution in [0, 0.1) is 0 Å². The molecule has 2 N–H and O–H groups in total. The molecule has 0 bridgehead atoms. The van der Waals surface area contributed by atoms with Crippen LogP contribution < -0.4 is 5.32 Å². The van der Waals surface area contributed by atoms with Crippen LogP contribution in [0.2, 0.25) is 0 Å². The fourth-order valence-electron chi connectivity index (χ4n) is 1.59. The Balaban J connectivity index is 2.34. The van der Waals surface area contributed by atoms with E-state index in [-0.39, 0.29) is 0 Å². The lowest BCUT2D eigenvalue weighted by atomic mass is 10.1. The Bertz CT molecular complexity index is 363. The number of fused-ring (bicyclic) bond motifs is 1. The topological polar surface area (TPSA) is 37.0 Å². The molecule has 0 spiro atoms. The van der Waals surface area contributed by atoms with Gasteiger partial charge in [-0.3, -0.25) is 0 Å². The molecule has 0 saturated carbocycles. The Morgan fingerprint density at radius 1 is 1.43 bits per heavy atom. The molecular weight excluding hydrogens is 176 g/mol. The Hall–Kier alpha value is -1.38. The van der Waals surface area contributed by atoms with Gasteiger partial charge in [-0.15, -0.1) is 0 Å². The molecule has 1 aromatic rings. The third-order valence-electron chi connectivity index (χ3n) is 2.51. The maximum absolute atomic E-state index is 5.20. The van der Waals surface area contributed by atoms with Crippen molar-refractivity contribution in [3.05, 3.63) is 23.1 Å². The van der Waals surface area contributed by atoms with Gasteiger partial charge in [0.15, 0.2) is 0 Å². The van der Waals surface area contributed by atoms with Gasteiger partial charge in [0.2, 0.25) is 0 Å². The van der Waals surface area contributed by atoms with Gasteiger partial charge in [0, 0.05) is 11.3 Å². The molecule has 1 aliphatic heterocycles. The molecule has 0 aromatic carbocycles. The quantitative estimate of drug-likeness (QED) is 0.755. The minimum Gasteiger partial charge on any atom is -0.499 e. The van der Waals surface area contributed by atoms with E-state index in [4.69, 9.17) is 4.74 Å². The fraction of sp³-hybridized carbons (Fsp3) is 0.455. The van der Waals surface area contributed by atoms with E-state index in [1.807, 2.05) is 0 Å². The van der Waals surface area contributed by atoms with Gasteiger partial charge in [0.1, 0.15) is 11.6 Å². The van der Waals surface area contributed by atoms with Gasteiger partial charge in [-0.2, -0.15) is 0 Å². The van der Waals surface area contributed by atoms with Crippen LogP contribution in [0.1, 0.15) is 31.0 Å². The van der Waals surface area contributed by atoms with Gasteiger partial charge in [-0.25, -0.2) is 0 Å². The van der Waals surface area contributed by atoms with Crippen LogP contribution in [-0.2, 0) is 4.74 Å². The zero-order chi connectivity index (χ0) is 10.1. The number of anilines is 1. The number of H-pyrrole nitrogens is 1. The van der Waals surface area contributed by atoms with Crippen LogP contribution in [0.25, 0.3) is 6.08 Å². The smallest absolute Gasteiger partial charge is 0.115 e. The third kappa shape index (κ3) is 1.50. The van der Waals surface area contributed by atoms with Gasteiger partial charge in [0.05, 0.1) is 13.7 Å². The zero-order valence-corrected chi connectivity index (χ0v) is 8.85. The number of nitrogens with one attached hydrogen (secondary N) is 2. The number of rotatable bonds is 2. The minimum absolute atomic E-state index is 0.529. The second kappa shape index (κ2) is 3.40. The van der Waals surface area contributed by atoms with Crippen molar-refractivity contribution in [1.82, 2.24) is 4.98 Å². The summed E-state index contributed by atoms with van der Waals surface area (Å²) in [7, 11) is 1.70. The Kier molecular flexibility index (Phi) is 2.23. The Morgan fingerprint density at radius 3 is 2.86 bits per heavy atom. The molecule has 1 aromatic heterocycles. The summed E-state index contributed by atoms with van der Waals surface area (Å²) in [6.07, 6.45) is 2.08. The van der Waals surface area contributed by atoms with Crippen LogP contribution in [0.3, 0.4) is 0 Å². The van der Waals surface area contributed by atoms with Gasteiger partial charge >= 0.3 is 0 Å². The highest BCUT2D eigenvalue weighted by Gasteiger charge is 2.14. The lowest BCUT2D eigenvalue weighted by Crippen LogP contribution is -2.11. The molecule has 2 rings (SSSR count). The molecule has 2 heterocycles. The highest BCUT2D eigenvalue weighted by molar-refractivity contribution is 5.69. The maximum Gasteiger partial charge on any atom is 0.115 e. The molecule has 0 radical (unpaired) electrons. The summed E-state index contributed by atoms with van der Waals surface area (Å²) in [6.45, 7) is 5.12. The highest BCUT2D eigenvalue weighted by Crippen LogP contribution is 2.27. The van der Waals surface area contributed by atoms with E-state index >= 15 is 0 Å². The van der Waals surface area contributed by atoms with Gasteiger partial charge in [-0.05, 0) is 18.1 Å². The highest BCUT2D eigenvalue weighted by atomic mass is 16.5. The van der Waals surface area contributed by atoms with E-state index in [1.165, 1.54) is 11.3 Å². The van der Waals surface area contributed by atoms with E-state index in [0.717, 1.165) is 18.1 Å². The number of aromatic amines is 1. The summed E-state index contributed by atoms with van der Waals surface area (Å²) in [5.74, 6) is 2.61. The number of aromatic nitrogens is 1. The third-order valence-corrected chi connectivity index (χ3v) is 2.51. The Labute approximate surface area is 84.2 Å². The first-order chi connectivity index (χ1) is 6.70. The first-order valence-electron chi connectivity index (χ1n) is 4.92. The van der Waals surface area contributed by atoms with Crippen molar-refractivity contribution in [2.75, 3.05) is 19.0 Å². The standard InChI is InChI=1S/C11H16N2O/c1-7(2)10-5-8-4-9(14-3)6-12-11(8)13-10/h4-5,7,12-13H,6H2,1-3H3. The predicted molar refractivity (Wildman–Crippen MR) is 58.4 cm³/mol. The molecule has 0 atom stereocenters. The number of hydrogen-bond acceptors (Lipinski definition) is 2. The Morgan fingerprint density at radius 2 is 2.21 bits per heavy atom. The number of methoxy groups -OCH3 is 1. The van der Waals surface area contributed by atoms with Crippen molar-refractivity contribution in [2.45, 2.75) is 19.8 Å². The molecule has 0 fully saturated rings. The SMILES string of the molecule is COC1=Cc2cc(C(C)C)[nH]c2NC1. The van der Waals surface area contributed by atoms with Crippen molar-refractivity contribution in [1.29, 1.82) is 0 Å². The largest absolute Gasteiger partial charge is 0.499 e. The van der Waals surface area contributed by atoms with Gasteiger partial charge in [0.25, 0.3) is 0 Å². The zero-order valence-electron chi connectivity index (χ0n) is 8.85. The molecule has 0 amide bonds. The monoisotopic (exact) mass is 192 g/mol. The van der Waals surface area contributed by atoms with Crippen molar-refractivity contribution in [2.24, 2.45) is 0 Å². The number of hydrogen-bond donors (Lipinski definition) is 2. The normalized spacial score (nSPS) is 14.7. The lowest BCUT2D eigenvalue weighted by Gasteiger charge is -2.13. The summed E-state index contributed by atoms with van der Waals surface area (Å²) in [5.41, 5.74) is 2.45. The van der Waals surface area contributed by atoms with Crippen LogP contribution in [0.15, 0.2) is 11.8 Å². The molecule has 0 aliphatic carbocycles. The molecule has 0 saturated heterocycles. The first-order valence-corrected chi connectivity index (χ1v) is 4.92. The first kappa shape index (κ1) is 9.19. The van der Waals surface area contributed by atoms with Crippen LogP contribution in [-0.4, -0.2) is 18.6 Å². The second-order valence-electron chi connectivity index (χ2n) is 3.88. The van der Waals surface area contributed by atoms with Crippen LogP contribution in [0.5, 0.6) is 0 Å². The fourth-order valence-corrected chi connectivity index (χ4v) is 1.59. The summed E-state index contributed by atoms with van der Waals surface area (Å²) in [4.78, 5) is 3.37. The van der Waals surface area contributed by atoms with Crippen molar-refractivity contribution in [3.63, 3.8) is 0 Å². The van der Waals surface area contributed by atoms with E-state index in [9.17, 15) is 0 Å². The van der Waals surface area contributed by atoms with Gasteiger partial charge in [-0.1, -0.05) is 13.8 Å². The summed E-state index contributed by atoms with van der Waals surface area (Å²) >= 11 is 0. The molecule has 3 nitrogen and oxygen atoms in total. The van der Waals surface area contributed by atoms with Crippen LogP contribution >= 0.6 is 0 Å².